The summed E-state index contributed by atoms with van der Waals surface area (Å²) >= 11 is 0. The molecule has 5 rings (SSSR count). The molecule has 0 spiro atoms. The predicted molar refractivity (Wildman–Crippen MR) is 146 cm³/mol. The van der Waals surface area contributed by atoms with E-state index in [1.54, 1.807) is 6.92 Å². The summed E-state index contributed by atoms with van der Waals surface area (Å²) in [5, 5.41) is 3.46. The standard InChI is InChI=1S/C32H32N2O2/c1-20-30(21(2)35)31(25-12-10-23(11-13-25)22-8-6-5-7-9-22)32-28(33-20)18-26(19-29(32)36)24-14-16-27(17-15-24)34(3)4/h5-17,26,31,33H,18-19H2,1-4H3. The third-order valence-corrected chi connectivity index (χ3v) is 7.44. The fourth-order valence-electron chi connectivity index (χ4n) is 5.62. The normalized spacial score (nSPS) is 19.6. The molecular weight excluding hydrogens is 444 g/mol. The van der Waals surface area contributed by atoms with Crippen molar-refractivity contribution in [2.24, 2.45) is 0 Å². The first-order valence-corrected chi connectivity index (χ1v) is 12.5. The number of nitrogens with one attached hydrogen (secondary N) is 1. The minimum Gasteiger partial charge on any atom is -0.378 e. The zero-order valence-corrected chi connectivity index (χ0v) is 21.3. The quantitative estimate of drug-likeness (QED) is 0.465. The lowest BCUT2D eigenvalue weighted by Gasteiger charge is -2.37. The Bertz CT molecular complexity index is 1360. The lowest BCUT2D eigenvalue weighted by Crippen LogP contribution is -2.35. The number of rotatable bonds is 5. The molecule has 1 aliphatic carbocycles. The highest BCUT2D eigenvalue weighted by Crippen LogP contribution is 2.46. The first kappa shape index (κ1) is 23.8. The van der Waals surface area contributed by atoms with Gasteiger partial charge in [-0.1, -0.05) is 66.7 Å². The Kier molecular flexibility index (Phi) is 6.36. The molecule has 2 atom stereocenters. The molecule has 4 heteroatoms. The molecular formula is C32H32N2O2. The van der Waals surface area contributed by atoms with Crippen molar-refractivity contribution >= 4 is 17.3 Å². The summed E-state index contributed by atoms with van der Waals surface area (Å²) in [6.07, 6.45) is 1.20. The Morgan fingerprint density at radius 3 is 2.06 bits per heavy atom. The number of nitrogens with zero attached hydrogens (tertiary/aromatic N) is 1. The third kappa shape index (κ3) is 4.39. The second-order valence-electron chi connectivity index (χ2n) is 10.0. The number of hydrogen-bond acceptors (Lipinski definition) is 4. The molecule has 4 nitrogen and oxygen atoms in total. The molecule has 2 aliphatic rings. The molecule has 0 aromatic heterocycles. The zero-order chi connectivity index (χ0) is 25.4. The van der Waals surface area contributed by atoms with Gasteiger partial charge in [0.2, 0.25) is 0 Å². The molecule has 3 aromatic carbocycles. The second-order valence-corrected chi connectivity index (χ2v) is 10.0. The Balaban J connectivity index is 1.52. The van der Waals surface area contributed by atoms with E-state index in [0.29, 0.717) is 12.0 Å². The topological polar surface area (TPSA) is 49.4 Å². The van der Waals surface area contributed by atoms with Crippen LogP contribution in [0.2, 0.25) is 0 Å². The number of hydrogen-bond donors (Lipinski definition) is 1. The van der Waals surface area contributed by atoms with Gasteiger partial charge in [-0.05, 0) is 60.6 Å². The van der Waals surface area contributed by atoms with Gasteiger partial charge in [-0.25, -0.2) is 0 Å². The lowest BCUT2D eigenvalue weighted by molar-refractivity contribution is -0.116. The van der Waals surface area contributed by atoms with E-state index >= 15 is 0 Å². The Hall–Kier alpha value is -3.92. The number of ketones is 2. The summed E-state index contributed by atoms with van der Waals surface area (Å²) in [6.45, 7) is 3.55. The van der Waals surface area contributed by atoms with Gasteiger partial charge in [0.05, 0.1) is 0 Å². The van der Waals surface area contributed by atoms with Crippen LogP contribution in [0.4, 0.5) is 5.69 Å². The third-order valence-electron chi connectivity index (χ3n) is 7.44. The predicted octanol–water partition coefficient (Wildman–Crippen LogP) is 6.37. The van der Waals surface area contributed by atoms with Gasteiger partial charge in [-0.2, -0.15) is 0 Å². The fraction of sp³-hybridized carbons (Fsp3) is 0.250. The summed E-state index contributed by atoms with van der Waals surface area (Å²) in [7, 11) is 4.05. The summed E-state index contributed by atoms with van der Waals surface area (Å²) in [4.78, 5) is 28.6. The average molecular weight is 477 g/mol. The molecule has 0 saturated carbocycles. The van der Waals surface area contributed by atoms with Crippen LogP contribution in [-0.2, 0) is 9.59 Å². The first-order valence-electron chi connectivity index (χ1n) is 12.5. The van der Waals surface area contributed by atoms with Crippen LogP contribution in [0.3, 0.4) is 0 Å². The van der Waals surface area contributed by atoms with Crippen LogP contribution in [0.15, 0.2) is 101 Å². The Morgan fingerprint density at radius 1 is 0.833 bits per heavy atom. The van der Waals surface area contributed by atoms with Gasteiger partial charge >= 0.3 is 0 Å². The van der Waals surface area contributed by atoms with Gasteiger partial charge in [-0.15, -0.1) is 0 Å². The number of dihydropyridines is 1. The minimum absolute atomic E-state index is 0.00196. The molecule has 1 aliphatic heterocycles. The average Bonchev–Trinajstić information content (AvgIpc) is 2.88. The Morgan fingerprint density at radius 2 is 1.44 bits per heavy atom. The number of allylic oxidation sites excluding steroid dienone is 4. The van der Waals surface area contributed by atoms with Crippen molar-refractivity contribution < 1.29 is 9.59 Å². The van der Waals surface area contributed by atoms with Crippen molar-refractivity contribution in [2.45, 2.75) is 38.5 Å². The number of anilines is 1. The van der Waals surface area contributed by atoms with Crippen molar-refractivity contribution in [3.8, 4) is 11.1 Å². The largest absolute Gasteiger partial charge is 0.378 e. The van der Waals surface area contributed by atoms with Crippen LogP contribution >= 0.6 is 0 Å². The maximum absolute atomic E-state index is 13.7. The summed E-state index contributed by atoms with van der Waals surface area (Å²) in [6, 6.07) is 27.0. The number of carbonyl (C=O) groups is 2. The number of benzene rings is 3. The summed E-state index contributed by atoms with van der Waals surface area (Å²) in [5.41, 5.74) is 8.78. The van der Waals surface area contributed by atoms with Gasteiger partial charge in [0, 0.05) is 54.7 Å². The van der Waals surface area contributed by atoms with Crippen LogP contribution in [0.5, 0.6) is 0 Å². The maximum atomic E-state index is 13.7. The van der Waals surface area contributed by atoms with Crippen LogP contribution in [-0.4, -0.2) is 25.7 Å². The monoisotopic (exact) mass is 476 g/mol. The van der Waals surface area contributed by atoms with E-state index in [1.165, 1.54) is 5.56 Å². The van der Waals surface area contributed by atoms with E-state index in [-0.39, 0.29) is 23.4 Å². The molecule has 0 fully saturated rings. The molecule has 1 heterocycles. The first-order chi connectivity index (χ1) is 17.3. The van der Waals surface area contributed by atoms with Gasteiger partial charge < -0.3 is 10.2 Å². The van der Waals surface area contributed by atoms with Crippen molar-refractivity contribution in [3.05, 3.63) is 113 Å². The van der Waals surface area contributed by atoms with Crippen molar-refractivity contribution in [1.82, 2.24) is 5.32 Å². The zero-order valence-electron chi connectivity index (χ0n) is 21.3. The Labute approximate surface area is 213 Å². The summed E-state index contributed by atoms with van der Waals surface area (Å²) < 4.78 is 0. The van der Waals surface area contributed by atoms with Crippen LogP contribution in [0, 0.1) is 0 Å². The van der Waals surface area contributed by atoms with Gasteiger partial charge in [-0.3, -0.25) is 9.59 Å². The molecule has 0 bridgehead atoms. The van der Waals surface area contributed by atoms with Crippen molar-refractivity contribution in [1.29, 1.82) is 0 Å². The number of carbonyl (C=O) groups excluding carboxylic acids is 2. The maximum Gasteiger partial charge on any atom is 0.162 e. The molecule has 0 amide bonds. The van der Waals surface area contributed by atoms with E-state index in [1.807, 2.05) is 39.2 Å². The van der Waals surface area contributed by atoms with Crippen LogP contribution < -0.4 is 10.2 Å². The summed E-state index contributed by atoms with van der Waals surface area (Å²) in [5.74, 6) is -0.104. The molecule has 0 saturated heterocycles. The molecule has 36 heavy (non-hydrogen) atoms. The van der Waals surface area contributed by atoms with Crippen molar-refractivity contribution in [3.63, 3.8) is 0 Å². The number of Topliss-reactive ketones (excluding diaryl/α,β-unsaturated/α-hetero) is 2. The molecule has 3 aromatic rings. The van der Waals surface area contributed by atoms with E-state index < -0.39 is 0 Å². The smallest absolute Gasteiger partial charge is 0.162 e. The highest BCUT2D eigenvalue weighted by molar-refractivity contribution is 6.05. The minimum atomic E-state index is -0.340. The SMILES string of the molecule is CC(=O)C1=C(C)NC2=C(C(=O)CC(c3ccc(N(C)C)cc3)C2)C1c1ccc(-c2ccccc2)cc1. The van der Waals surface area contributed by atoms with Crippen LogP contribution in [0.1, 0.15) is 49.7 Å². The second kappa shape index (κ2) is 9.62. The van der Waals surface area contributed by atoms with Gasteiger partial charge in [0.15, 0.2) is 11.6 Å². The van der Waals surface area contributed by atoms with E-state index in [0.717, 1.165) is 45.8 Å². The van der Waals surface area contributed by atoms with Gasteiger partial charge in [0.1, 0.15) is 0 Å². The van der Waals surface area contributed by atoms with E-state index in [2.05, 4.69) is 70.9 Å². The lowest BCUT2D eigenvalue weighted by atomic mass is 9.71. The highest BCUT2D eigenvalue weighted by atomic mass is 16.1. The molecule has 182 valence electrons. The fourth-order valence-corrected chi connectivity index (χ4v) is 5.62. The molecule has 1 N–H and O–H groups in total. The van der Waals surface area contributed by atoms with Gasteiger partial charge in [0.25, 0.3) is 0 Å². The highest BCUT2D eigenvalue weighted by Gasteiger charge is 2.39. The van der Waals surface area contributed by atoms with E-state index in [4.69, 9.17) is 0 Å². The van der Waals surface area contributed by atoms with Crippen molar-refractivity contribution in [2.75, 3.05) is 19.0 Å². The molecule has 2 unspecified atom stereocenters. The van der Waals surface area contributed by atoms with E-state index in [9.17, 15) is 9.59 Å². The van der Waals surface area contributed by atoms with Crippen LogP contribution in [0.25, 0.3) is 11.1 Å². The molecule has 0 radical (unpaired) electrons.